The Kier molecular flexibility index (Phi) is 3.57. The second-order valence-electron chi connectivity index (χ2n) is 5.31. The van der Waals surface area contributed by atoms with Crippen LogP contribution in [0.25, 0.3) is 0 Å². The van der Waals surface area contributed by atoms with Crippen molar-refractivity contribution < 1.29 is 4.79 Å². The Labute approximate surface area is 102 Å². The van der Waals surface area contributed by atoms with Gasteiger partial charge in [-0.25, -0.2) is 0 Å². The molecule has 1 aliphatic rings. The van der Waals surface area contributed by atoms with Crippen LogP contribution in [0, 0.1) is 5.92 Å². The number of hydrogen-bond acceptors (Lipinski definition) is 3. The maximum absolute atomic E-state index is 12.3. The molecule has 1 saturated carbocycles. The molecule has 0 amide bonds. The highest BCUT2D eigenvalue weighted by Gasteiger charge is 2.37. The second-order valence-corrected chi connectivity index (χ2v) is 5.31. The van der Waals surface area contributed by atoms with Crippen molar-refractivity contribution in [2.24, 2.45) is 11.7 Å². The third-order valence-corrected chi connectivity index (χ3v) is 3.70. The molecule has 0 spiro atoms. The van der Waals surface area contributed by atoms with Crippen molar-refractivity contribution in [3.8, 4) is 0 Å². The smallest absolute Gasteiger partial charge is 0.157 e. The standard InChI is InChI=1S/C14H20N2O/c1-11-3-2-6-14(15,10-11)13(17)9-12-4-7-16-8-5-12/h4-5,7-8,11H,2-3,6,9-10,15H2,1H3. The van der Waals surface area contributed by atoms with Crippen LogP contribution in [-0.2, 0) is 11.2 Å². The van der Waals surface area contributed by atoms with Gasteiger partial charge in [-0.05, 0) is 36.5 Å². The van der Waals surface area contributed by atoms with Gasteiger partial charge in [0.15, 0.2) is 5.78 Å². The van der Waals surface area contributed by atoms with Crippen molar-refractivity contribution in [2.45, 2.75) is 44.6 Å². The van der Waals surface area contributed by atoms with Crippen LogP contribution in [0.2, 0.25) is 0 Å². The number of aromatic nitrogens is 1. The molecule has 2 N–H and O–H groups in total. The highest BCUT2D eigenvalue weighted by molar-refractivity contribution is 5.90. The molecule has 3 heteroatoms. The van der Waals surface area contributed by atoms with Crippen molar-refractivity contribution in [3.63, 3.8) is 0 Å². The number of rotatable bonds is 3. The first-order chi connectivity index (χ1) is 8.10. The molecule has 0 saturated heterocycles. The maximum atomic E-state index is 12.3. The van der Waals surface area contributed by atoms with Gasteiger partial charge in [0.25, 0.3) is 0 Å². The molecule has 2 unspecified atom stereocenters. The fourth-order valence-corrected chi connectivity index (χ4v) is 2.71. The zero-order valence-corrected chi connectivity index (χ0v) is 10.4. The van der Waals surface area contributed by atoms with Gasteiger partial charge in [0.1, 0.15) is 0 Å². The number of Topliss-reactive ketones (excluding diaryl/α,β-unsaturated/α-hetero) is 1. The van der Waals surface area contributed by atoms with E-state index in [0.29, 0.717) is 12.3 Å². The molecule has 0 radical (unpaired) electrons. The van der Waals surface area contributed by atoms with Gasteiger partial charge in [0.2, 0.25) is 0 Å². The summed E-state index contributed by atoms with van der Waals surface area (Å²) in [5.74, 6) is 0.741. The van der Waals surface area contributed by atoms with Gasteiger partial charge in [0.05, 0.1) is 5.54 Å². The molecule has 2 atom stereocenters. The minimum Gasteiger partial charge on any atom is -0.319 e. The minimum atomic E-state index is -0.596. The molecule has 1 heterocycles. The monoisotopic (exact) mass is 232 g/mol. The van der Waals surface area contributed by atoms with E-state index in [4.69, 9.17) is 5.73 Å². The molecule has 1 aromatic heterocycles. The minimum absolute atomic E-state index is 0.176. The summed E-state index contributed by atoms with van der Waals surface area (Å²) in [4.78, 5) is 16.2. The van der Waals surface area contributed by atoms with Gasteiger partial charge in [-0.1, -0.05) is 19.8 Å². The molecular weight excluding hydrogens is 212 g/mol. The number of pyridine rings is 1. The second kappa shape index (κ2) is 4.96. The van der Waals surface area contributed by atoms with Crippen molar-refractivity contribution in [2.75, 3.05) is 0 Å². The number of carbonyl (C=O) groups is 1. The molecule has 2 rings (SSSR count). The number of hydrogen-bond donors (Lipinski definition) is 1. The molecule has 3 nitrogen and oxygen atoms in total. The molecule has 1 fully saturated rings. The topological polar surface area (TPSA) is 56.0 Å². The van der Waals surface area contributed by atoms with Crippen LogP contribution in [0.5, 0.6) is 0 Å². The fraction of sp³-hybridized carbons (Fsp3) is 0.571. The molecule has 0 aromatic carbocycles. The van der Waals surface area contributed by atoms with E-state index in [1.54, 1.807) is 12.4 Å². The Hall–Kier alpha value is -1.22. The third kappa shape index (κ3) is 2.91. The van der Waals surface area contributed by atoms with Gasteiger partial charge in [-0.2, -0.15) is 0 Å². The molecule has 0 bridgehead atoms. The Morgan fingerprint density at radius 2 is 2.24 bits per heavy atom. The Balaban J connectivity index is 2.04. The molecule has 1 aliphatic carbocycles. The van der Waals surface area contributed by atoms with Crippen LogP contribution >= 0.6 is 0 Å². The van der Waals surface area contributed by atoms with E-state index < -0.39 is 5.54 Å². The Morgan fingerprint density at radius 1 is 1.53 bits per heavy atom. The first-order valence-electron chi connectivity index (χ1n) is 6.31. The first kappa shape index (κ1) is 12.2. The van der Waals surface area contributed by atoms with Crippen LogP contribution in [-0.4, -0.2) is 16.3 Å². The summed E-state index contributed by atoms with van der Waals surface area (Å²) in [6, 6.07) is 3.76. The first-order valence-corrected chi connectivity index (χ1v) is 6.31. The van der Waals surface area contributed by atoms with Gasteiger partial charge < -0.3 is 5.73 Å². The highest BCUT2D eigenvalue weighted by atomic mass is 16.1. The van der Waals surface area contributed by atoms with E-state index in [2.05, 4.69) is 11.9 Å². The van der Waals surface area contributed by atoms with Crippen LogP contribution in [0.4, 0.5) is 0 Å². The molecule has 0 aliphatic heterocycles. The fourth-order valence-electron chi connectivity index (χ4n) is 2.71. The number of nitrogens with zero attached hydrogens (tertiary/aromatic N) is 1. The summed E-state index contributed by atoms with van der Waals surface area (Å²) in [6.45, 7) is 2.18. The zero-order valence-electron chi connectivity index (χ0n) is 10.4. The predicted molar refractivity (Wildman–Crippen MR) is 67.5 cm³/mol. The lowest BCUT2D eigenvalue weighted by atomic mass is 9.73. The van der Waals surface area contributed by atoms with Crippen molar-refractivity contribution >= 4 is 5.78 Å². The van der Waals surface area contributed by atoms with Gasteiger partial charge in [0, 0.05) is 18.8 Å². The summed E-state index contributed by atoms with van der Waals surface area (Å²) in [5, 5.41) is 0. The molecule has 17 heavy (non-hydrogen) atoms. The van der Waals surface area contributed by atoms with Crippen molar-refractivity contribution in [1.82, 2.24) is 4.98 Å². The van der Waals surface area contributed by atoms with Gasteiger partial charge >= 0.3 is 0 Å². The lowest BCUT2D eigenvalue weighted by Gasteiger charge is -2.35. The van der Waals surface area contributed by atoms with E-state index >= 15 is 0 Å². The van der Waals surface area contributed by atoms with E-state index in [1.165, 1.54) is 6.42 Å². The van der Waals surface area contributed by atoms with Gasteiger partial charge in [-0.3, -0.25) is 9.78 Å². The third-order valence-electron chi connectivity index (χ3n) is 3.70. The molecule has 92 valence electrons. The van der Waals surface area contributed by atoms with Gasteiger partial charge in [-0.15, -0.1) is 0 Å². The van der Waals surface area contributed by atoms with E-state index in [-0.39, 0.29) is 5.78 Å². The summed E-state index contributed by atoms with van der Waals surface area (Å²) in [5.41, 5.74) is 6.69. The predicted octanol–water partition coefficient (Wildman–Crippen LogP) is 2.10. The molecule has 1 aromatic rings. The van der Waals surface area contributed by atoms with E-state index in [1.807, 2.05) is 12.1 Å². The van der Waals surface area contributed by atoms with Crippen LogP contribution in [0.1, 0.15) is 38.2 Å². The van der Waals surface area contributed by atoms with E-state index in [9.17, 15) is 4.79 Å². The maximum Gasteiger partial charge on any atom is 0.157 e. The quantitative estimate of drug-likeness (QED) is 0.868. The summed E-state index contributed by atoms with van der Waals surface area (Å²) >= 11 is 0. The Morgan fingerprint density at radius 3 is 2.88 bits per heavy atom. The molecular formula is C14H20N2O. The average molecular weight is 232 g/mol. The summed E-state index contributed by atoms with van der Waals surface area (Å²) in [7, 11) is 0. The number of ketones is 1. The van der Waals surface area contributed by atoms with E-state index in [0.717, 1.165) is 24.8 Å². The summed E-state index contributed by atoms with van der Waals surface area (Å²) < 4.78 is 0. The lowest BCUT2D eigenvalue weighted by molar-refractivity contribution is -0.125. The lowest BCUT2D eigenvalue weighted by Crippen LogP contribution is -2.51. The zero-order chi connectivity index (χ0) is 12.3. The largest absolute Gasteiger partial charge is 0.319 e. The van der Waals surface area contributed by atoms with Crippen LogP contribution in [0.15, 0.2) is 24.5 Å². The normalized spacial score (nSPS) is 28.9. The van der Waals surface area contributed by atoms with Crippen molar-refractivity contribution in [3.05, 3.63) is 30.1 Å². The highest BCUT2D eigenvalue weighted by Crippen LogP contribution is 2.31. The average Bonchev–Trinajstić information content (AvgIpc) is 2.30. The van der Waals surface area contributed by atoms with Crippen molar-refractivity contribution in [1.29, 1.82) is 0 Å². The SMILES string of the molecule is CC1CCCC(N)(C(=O)Cc2ccncc2)C1. The number of nitrogens with two attached hydrogens (primary N) is 1. The number of carbonyl (C=O) groups excluding carboxylic acids is 1. The van der Waals surface area contributed by atoms with Crippen LogP contribution < -0.4 is 5.73 Å². The Bertz CT molecular complexity index is 390. The van der Waals surface area contributed by atoms with Crippen LogP contribution in [0.3, 0.4) is 0 Å². The summed E-state index contributed by atoms with van der Waals surface area (Å²) in [6.07, 6.45) is 7.80.